The number of halogens is 1. The van der Waals surface area contributed by atoms with E-state index in [0.717, 1.165) is 4.90 Å². The summed E-state index contributed by atoms with van der Waals surface area (Å²) in [5, 5.41) is 11.6. The number of carbonyl (C=O) groups is 1. The third kappa shape index (κ3) is 3.37. The minimum absolute atomic E-state index is 0.116. The van der Waals surface area contributed by atoms with E-state index in [9.17, 15) is 14.9 Å². The number of ketones is 1. The second-order valence-electron chi connectivity index (χ2n) is 4.05. The van der Waals surface area contributed by atoms with Gasteiger partial charge in [0.1, 0.15) is 0 Å². The topological polar surface area (TPSA) is 60.2 Å². The minimum Gasteiger partial charge on any atom is -0.294 e. The van der Waals surface area contributed by atoms with E-state index in [1.165, 1.54) is 30.8 Å². The van der Waals surface area contributed by atoms with Crippen LogP contribution in [-0.4, -0.2) is 10.7 Å². The average molecular weight is 308 g/mol. The zero-order valence-electron chi connectivity index (χ0n) is 10.5. The predicted molar refractivity (Wildman–Crippen MR) is 78.7 cm³/mol. The van der Waals surface area contributed by atoms with E-state index in [4.69, 9.17) is 11.6 Å². The van der Waals surface area contributed by atoms with Gasteiger partial charge < -0.3 is 0 Å². The van der Waals surface area contributed by atoms with Crippen molar-refractivity contribution in [3.05, 3.63) is 63.2 Å². The first-order valence-corrected chi connectivity index (χ1v) is 6.89. The molecule has 0 amide bonds. The molecule has 0 fully saturated rings. The third-order valence-electron chi connectivity index (χ3n) is 2.58. The summed E-state index contributed by atoms with van der Waals surface area (Å²) >= 11 is 7.25. The summed E-state index contributed by atoms with van der Waals surface area (Å²) in [4.78, 5) is 23.4. The van der Waals surface area contributed by atoms with Crippen molar-refractivity contribution >= 4 is 34.8 Å². The summed E-state index contributed by atoms with van der Waals surface area (Å²) in [7, 11) is 0. The van der Waals surface area contributed by atoms with Crippen LogP contribution in [0, 0.1) is 10.1 Å². The Bertz CT molecular complexity index is 688. The lowest BCUT2D eigenvalue weighted by atomic mass is 10.1. The number of nitro groups is 1. The smallest absolute Gasteiger partial charge is 0.281 e. The van der Waals surface area contributed by atoms with Crippen LogP contribution >= 0.6 is 23.4 Å². The zero-order chi connectivity index (χ0) is 14.7. The lowest BCUT2D eigenvalue weighted by Crippen LogP contribution is -2.00. The fourth-order valence-corrected chi connectivity index (χ4v) is 2.86. The molecule has 0 aliphatic heterocycles. The molecule has 0 saturated carbocycles. The van der Waals surface area contributed by atoms with Gasteiger partial charge in [0.05, 0.1) is 10.5 Å². The Hall–Kier alpha value is -1.85. The van der Waals surface area contributed by atoms with Gasteiger partial charge in [-0.25, -0.2) is 0 Å². The van der Waals surface area contributed by atoms with Crippen LogP contribution in [0.15, 0.2) is 52.3 Å². The lowest BCUT2D eigenvalue weighted by molar-refractivity contribution is -0.385. The maximum Gasteiger partial charge on any atom is 0.281 e. The van der Waals surface area contributed by atoms with E-state index < -0.39 is 4.92 Å². The van der Waals surface area contributed by atoms with Crippen molar-refractivity contribution in [3.63, 3.8) is 0 Å². The Morgan fingerprint density at radius 2 is 1.90 bits per heavy atom. The van der Waals surface area contributed by atoms with Crippen LogP contribution in [0.3, 0.4) is 0 Å². The van der Waals surface area contributed by atoms with E-state index in [1.807, 2.05) is 12.1 Å². The first-order valence-electron chi connectivity index (χ1n) is 5.70. The molecule has 20 heavy (non-hydrogen) atoms. The fourth-order valence-electron chi connectivity index (χ4n) is 1.69. The van der Waals surface area contributed by atoms with Crippen LogP contribution in [0.5, 0.6) is 0 Å². The summed E-state index contributed by atoms with van der Waals surface area (Å²) in [6.07, 6.45) is 0. The van der Waals surface area contributed by atoms with Gasteiger partial charge in [0, 0.05) is 20.9 Å². The highest BCUT2D eigenvalue weighted by atomic mass is 35.5. The molecule has 0 bridgehead atoms. The first kappa shape index (κ1) is 14.6. The van der Waals surface area contributed by atoms with Crippen molar-refractivity contribution in [2.24, 2.45) is 0 Å². The zero-order valence-corrected chi connectivity index (χ0v) is 12.1. The molecule has 0 aromatic heterocycles. The van der Waals surface area contributed by atoms with Crippen LogP contribution in [0.4, 0.5) is 5.69 Å². The maximum atomic E-state index is 11.4. The second kappa shape index (κ2) is 6.07. The molecule has 0 aliphatic carbocycles. The second-order valence-corrected chi connectivity index (χ2v) is 5.64. The van der Waals surface area contributed by atoms with E-state index in [1.54, 1.807) is 18.2 Å². The highest BCUT2D eigenvalue weighted by Crippen LogP contribution is 2.33. The number of rotatable bonds is 4. The Morgan fingerprint density at radius 3 is 2.50 bits per heavy atom. The number of hydrogen-bond donors (Lipinski definition) is 0. The molecule has 4 nitrogen and oxygen atoms in total. The summed E-state index contributed by atoms with van der Waals surface area (Å²) in [5.41, 5.74) is -0.0602. The van der Waals surface area contributed by atoms with Gasteiger partial charge in [0.15, 0.2) is 5.78 Å². The predicted octanol–water partition coefficient (Wildman–Crippen LogP) is 4.60. The molecular formula is C14H10ClNO3S. The number of carbonyl (C=O) groups excluding carboxylic acids is 1. The highest BCUT2D eigenvalue weighted by molar-refractivity contribution is 7.99. The first-order chi connectivity index (χ1) is 9.47. The molecule has 0 atom stereocenters. The Kier molecular flexibility index (Phi) is 4.42. The van der Waals surface area contributed by atoms with Crippen LogP contribution < -0.4 is 0 Å². The van der Waals surface area contributed by atoms with Gasteiger partial charge >= 0.3 is 0 Å². The molecule has 0 heterocycles. The summed E-state index contributed by atoms with van der Waals surface area (Å²) in [5.74, 6) is -0.323. The quantitative estimate of drug-likeness (QED) is 0.470. The molecule has 102 valence electrons. The minimum atomic E-state index is -0.543. The van der Waals surface area contributed by atoms with Crippen molar-refractivity contribution in [1.29, 1.82) is 0 Å². The molecule has 0 aliphatic rings. The lowest BCUT2D eigenvalue weighted by Gasteiger charge is -2.04. The van der Waals surface area contributed by atoms with E-state index in [-0.39, 0.29) is 17.0 Å². The number of nitro benzene ring substituents is 1. The number of benzene rings is 2. The normalized spacial score (nSPS) is 10.3. The molecule has 0 saturated heterocycles. The number of nitrogens with zero attached hydrogens (tertiary/aromatic N) is 1. The number of hydrogen-bond acceptors (Lipinski definition) is 4. The fraction of sp³-hybridized carbons (Fsp3) is 0.0714. The van der Waals surface area contributed by atoms with E-state index in [2.05, 4.69) is 0 Å². The molecule has 2 aromatic carbocycles. The van der Waals surface area contributed by atoms with Gasteiger partial charge in [-0.2, -0.15) is 0 Å². The van der Waals surface area contributed by atoms with Gasteiger partial charge in [0.2, 0.25) is 0 Å². The van der Waals surface area contributed by atoms with Crippen molar-refractivity contribution in [1.82, 2.24) is 0 Å². The molecule has 2 rings (SSSR count). The van der Waals surface area contributed by atoms with Gasteiger partial charge in [-0.3, -0.25) is 14.9 Å². The van der Waals surface area contributed by atoms with E-state index in [0.29, 0.717) is 9.92 Å². The standard InChI is InChI=1S/C14H10ClNO3S/c1-9(17)13-6-5-12(8-14(13)16(18)19)20-11-4-2-3-10(15)7-11/h2-8H,1H3. The largest absolute Gasteiger partial charge is 0.294 e. The molecule has 0 spiro atoms. The van der Waals surface area contributed by atoms with Crippen LogP contribution in [0.2, 0.25) is 5.02 Å². The van der Waals surface area contributed by atoms with E-state index >= 15 is 0 Å². The summed E-state index contributed by atoms with van der Waals surface area (Å²) < 4.78 is 0. The van der Waals surface area contributed by atoms with Crippen LogP contribution in [-0.2, 0) is 0 Å². The number of Topliss-reactive ketones (excluding diaryl/α,β-unsaturated/α-hetero) is 1. The molecule has 2 aromatic rings. The Morgan fingerprint density at radius 1 is 1.20 bits per heavy atom. The van der Waals surface area contributed by atoms with Gasteiger partial charge in [0.25, 0.3) is 5.69 Å². The van der Waals surface area contributed by atoms with Crippen molar-refractivity contribution < 1.29 is 9.72 Å². The SMILES string of the molecule is CC(=O)c1ccc(Sc2cccc(Cl)c2)cc1[N+](=O)[O-]. The molecular weight excluding hydrogens is 298 g/mol. The van der Waals surface area contributed by atoms with Crippen molar-refractivity contribution in [2.75, 3.05) is 0 Å². The monoisotopic (exact) mass is 307 g/mol. The van der Waals surface area contributed by atoms with Crippen LogP contribution in [0.25, 0.3) is 0 Å². The molecule has 6 heteroatoms. The Labute approximate surface area is 124 Å². The third-order valence-corrected chi connectivity index (χ3v) is 3.79. The van der Waals surface area contributed by atoms with Crippen molar-refractivity contribution in [2.45, 2.75) is 16.7 Å². The van der Waals surface area contributed by atoms with Gasteiger partial charge in [-0.05, 0) is 37.3 Å². The molecule has 0 unspecified atom stereocenters. The maximum absolute atomic E-state index is 11.4. The average Bonchev–Trinajstić information content (AvgIpc) is 2.38. The van der Waals surface area contributed by atoms with Gasteiger partial charge in [-0.1, -0.05) is 29.4 Å². The van der Waals surface area contributed by atoms with Crippen molar-refractivity contribution in [3.8, 4) is 0 Å². The summed E-state index contributed by atoms with van der Waals surface area (Å²) in [6, 6.07) is 11.8. The van der Waals surface area contributed by atoms with Gasteiger partial charge in [-0.15, -0.1) is 0 Å². The summed E-state index contributed by atoms with van der Waals surface area (Å²) in [6.45, 7) is 1.31. The molecule has 0 N–H and O–H groups in total. The Balaban J connectivity index is 2.36. The highest BCUT2D eigenvalue weighted by Gasteiger charge is 2.18. The molecule has 0 radical (unpaired) electrons. The van der Waals surface area contributed by atoms with Crippen LogP contribution in [0.1, 0.15) is 17.3 Å².